The summed E-state index contributed by atoms with van der Waals surface area (Å²) < 4.78 is 27.6. The van der Waals surface area contributed by atoms with Crippen molar-refractivity contribution in [1.82, 2.24) is 14.1 Å². The van der Waals surface area contributed by atoms with E-state index in [4.69, 9.17) is 5.73 Å². The van der Waals surface area contributed by atoms with E-state index in [1.807, 2.05) is 0 Å². The Hall–Kier alpha value is -0.920. The lowest BCUT2D eigenvalue weighted by molar-refractivity contribution is 0.346. The van der Waals surface area contributed by atoms with Crippen LogP contribution in [0.4, 0.5) is 0 Å². The minimum atomic E-state index is -3.35. The first kappa shape index (κ1) is 12.5. The van der Waals surface area contributed by atoms with Crippen molar-refractivity contribution in [2.75, 3.05) is 19.6 Å². The molecule has 0 amide bonds. The topological polar surface area (TPSA) is 81.2 Å². The Morgan fingerprint density at radius 3 is 2.65 bits per heavy atom. The monoisotopic (exact) mass is 258 g/mol. The van der Waals surface area contributed by atoms with Crippen molar-refractivity contribution < 1.29 is 8.42 Å². The Morgan fingerprint density at radius 1 is 1.29 bits per heavy atom. The van der Waals surface area contributed by atoms with Crippen molar-refractivity contribution in [2.45, 2.75) is 30.7 Å². The summed E-state index contributed by atoms with van der Waals surface area (Å²) >= 11 is 0. The van der Waals surface area contributed by atoms with Crippen LogP contribution in [-0.2, 0) is 16.6 Å². The zero-order valence-corrected chi connectivity index (χ0v) is 10.6. The minimum Gasteiger partial charge on any atom is -0.329 e. The number of hydrogen-bond donors (Lipinski definition) is 1. The molecule has 2 N–H and O–H groups in total. The van der Waals surface area contributed by atoms with Crippen LogP contribution in [0.25, 0.3) is 0 Å². The molecule has 0 atom stereocenters. The zero-order chi connectivity index (χ0) is 12.3. The quantitative estimate of drug-likeness (QED) is 0.825. The van der Waals surface area contributed by atoms with Gasteiger partial charge in [0, 0.05) is 25.8 Å². The fourth-order valence-corrected chi connectivity index (χ4v) is 3.46. The number of aromatic nitrogens is 2. The molecule has 0 unspecified atom stereocenters. The van der Waals surface area contributed by atoms with E-state index in [-0.39, 0.29) is 4.90 Å². The van der Waals surface area contributed by atoms with Gasteiger partial charge in [-0.3, -0.25) is 4.68 Å². The number of sulfonamides is 1. The Bertz CT molecular complexity index is 462. The van der Waals surface area contributed by atoms with E-state index in [1.165, 1.54) is 6.20 Å². The summed E-state index contributed by atoms with van der Waals surface area (Å²) in [5, 5.41) is 4.00. The molecule has 0 aromatic carbocycles. The Kier molecular flexibility index (Phi) is 3.80. The van der Waals surface area contributed by atoms with Gasteiger partial charge in [-0.05, 0) is 12.8 Å². The average Bonchev–Trinajstić information content (AvgIpc) is 2.80. The van der Waals surface area contributed by atoms with Crippen molar-refractivity contribution in [2.24, 2.45) is 5.73 Å². The molecule has 0 saturated carbocycles. The molecule has 1 fully saturated rings. The molecular weight excluding hydrogens is 240 g/mol. The van der Waals surface area contributed by atoms with Crippen LogP contribution in [0.3, 0.4) is 0 Å². The summed E-state index contributed by atoms with van der Waals surface area (Å²) in [5.41, 5.74) is 5.40. The van der Waals surface area contributed by atoms with Crippen LogP contribution in [0.5, 0.6) is 0 Å². The third-order valence-corrected chi connectivity index (χ3v) is 4.77. The highest BCUT2D eigenvalue weighted by molar-refractivity contribution is 7.89. The van der Waals surface area contributed by atoms with Gasteiger partial charge >= 0.3 is 0 Å². The van der Waals surface area contributed by atoms with E-state index in [0.717, 1.165) is 19.3 Å². The molecule has 1 aliphatic rings. The summed E-state index contributed by atoms with van der Waals surface area (Å²) in [6.07, 6.45) is 5.95. The molecule has 0 radical (unpaired) electrons. The van der Waals surface area contributed by atoms with Gasteiger partial charge in [-0.25, -0.2) is 8.42 Å². The Morgan fingerprint density at radius 2 is 2.00 bits per heavy atom. The highest BCUT2D eigenvalue weighted by Gasteiger charge is 2.26. The molecule has 0 aliphatic carbocycles. The summed E-state index contributed by atoms with van der Waals surface area (Å²) in [5.74, 6) is 0. The van der Waals surface area contributed by atoms with Crippen molar-refractivity contribution >= 4 is 10.0 Å². The molecule has 17 heavy (non-hydrogen) atoms. The summed E-state index contributed by atoms with van der Waals surface area (Å²) in [7, 11) is -3.35. The Balaban J connectivity index is 2.18. The number of piperidine rings is 1. The first-order valence-corrected chi connectivity index (χ1v) is 7.31. The predicted molar refractivity (Wildman–Crippen MR) is 63.9 cm³/mol. The zero-order valence-electron chi connectivity index (χ0n) is 9.75. The van der Waals surface area contributed by atoms with Crippen molar-refractivity contribution in [3.05, 3.63) is 12.4 Å². The molecule has 6 nitrogen and oxygen atoms in total. The molecule has 2 heterocycles. The summed E-state index contributed by atoms with van der Waals surface area (Å²) in [6.45, 7) is 2.22. The number of rotatable bonds is 4. The third-order valence-electron chi connectivity index (χ3n) is 2.92. The van der Waals surface area contributed by atoms with Gasteiger partial charge in [-0.2, -0.15) is 9.40 Å². The van der Waals surface area contributed by atoms with E-state index >= 15 is 0 Å². The molecular formula is C10H18N4O2S. The molecule has 1 saturated heterocycles. The maximum atomic E-state index is 12.2. The number of hydrogen-bond acceptors (Lipinski definition) is 4. The maximum Gasteiger partial charge on any atom is 0.246 e. The molecule has 1 aliphatic heterocycles. The van der Waals surface area contributed by atoms with E-state index in [0.29, 0.717) is 26.2 Å². The van der Waals surface area contributed by atoms with Crippen LogP contribution in [0.15, 0.2) is 17.3 Å². The number of nitrogens with zero attached hydrogens (tertiary/aromatic N) is 3. The average molecular weight is 258 g/mol. The molecule has 2 rings (SSSR count). The van der Waals surface area contributed by atoms with Crippen LogP contribution in [0.2, 0.25) is 0 Å². The largest absolute Gasteiger partial charge is 0.329 e. The first-order valence-electron chi connectivity index (χ1n) is 5.87. The Labute approximate surface area is 101 Å². The second-order valence-electron chi connectivity index (χ2n) is 4.19. The van der Waals surface area contributed by atoms with Crippen LogP contribution < -0.4 is 5.73 Å². The van der Waals surface area contributed by atoms with Gasteiger partial charge in [-0.1, -0.05) is 6.42 Å². The van der Waals surface area contributed by atoms with Crippen molar-refractivity contribution in [1.29, 1.82) is 0 Å². The van der Waals surface area contributed by atoms with Gasteiger partial charge in [-0.15, -0.1) is 0 Å². The van der Waals surface area contributed by atoms with E-state index in [9.17, 15) is 8.42 Å². The highest BCUT2D eigenvalue weighted by atomic mass is 32.2. The van der Waals surface area contributed by atoms with E-state index in [2.05, 4.69) is 5.10 Å². The molecule has 1 aromatic heterocycles. The fourth-order valence-electron chi connectivity index (χ4n) is 1.99. The van der Waals surface area contributed by atoms with Gasteiger partial charge < -0.3 is 5.73 Å². The molecule has 96 valence electrons. The lowest BCUT2D eigenvalue weighted by Gasteiger charge is -2.25. The van der Waals surface area contributed by atoms with Gasteiger partial charge in [0.25, 0.3) is 0 Å². The van der Waals surface area contributed by atoms with Gasteiger partial charge in [0.05, 0.1) is 12.7 Å². The van der Waals surface area contributed by atoms with Gasteiger partial charge in [0.1, 0.15) is 4.90 Å². The lowest BCUT2D eigenvalue weighted by Crippen LogP contribution is -2.35. The van der Waals surface area contributed by atoms with Gasteiger partial charge in [0.2, 0.25) is 10.0 Å². The van der Waals surface area contributed by atoms with Crippen LogP contribution in [-0.4, -0.2) is 42.1 Å². The SMILES string of the molecule is NCCn1cc(S(=O)(=O)N2CCCCC2)cn1. The molecule has 1 aromatic rings. The standard InChI is InChI=1S/C10H18N4O2S/c11-4-7-13-9-10(8-12-13)17(15,16)14-5-2-1-3-6-14/h8-9H,1-7,11H2. The number of nitrogens with two attached hydrogens (primary N) is 1. The minimum absolute atomic E-state index is 0.271. The van der Waals surface area contributed by atoms with E-state index < -0.39 is 10.0 Å². The van der Waals surface area contributed by atoms with Crippen molar-refractivity contribution in [3.8, 4) is 0 Å². The first-order chi connectivity index (χ1) is 8.14. The normalized spacial score (nSPS) is 18.4. The molecule has 7 heteroatoms. The van der Waals surface area contributed by atoms with E-state index in [1.54, 1.807) is 15.2 Å². The lowest BCUT2D eigenvalue weighted by atomic mass is 10.2. The smallest absolute Gasteiger partial charge is 0.246 e. The maximum absolute atomic E-state index is 12.2. The van der Waals surface area contributed by atoms with Crippen LogP contribution in [0.1, 0.15) is 19.3 Å². The van der Waals surface area contributed by atoms with Crippen molar-refractivity contribution in [3.63, 3.8) is 0 Å². The summed E-state index contributed by atoms with van der Waals surface area (Å²) in [4.78, 5) is 0.271. The molecule has 0 bridgehead atoms. The van der Waals surface area contributed by atoms with Crippen LogP contribution >= 0.6 is 0 Å². The molecule has 0 spiro atoms. The fraction of sp³-hybridized carbons (Fsp3) is 0.700. The highest BCUT2D eigenvalue weighted by Crippen LogP contribution is 2.19. The summed E-state index contributed by atoms with van der Waals surface area (Å²) in [6, 6.07) is 0. The second kappa shape index (κ2) is 5.16. The third kappa shape index (κ3) is 2.67. The predicted octanol–water partition coefficient (Wildman–Crippen LogP) is 0.0164. The second-order valence-corrected chi connectivity index (χ2v) is 6.13. The van der Waals surface area contributed by atoms with Gasteiger partial charge in [0.15, 0.2) is 0 Å². The van der Waals surface area contributed by atoms with Crippen LogP contribution in [0, 0.1) is 0 Å².